The Morgan fingerprint density at radius 3 is 2.39 bits per heavy atom. The zero-order valence-electron chi connectivity index (χ0n) is 13.2. The molecule has 1 aliphatic rings. The van der Waals surface area contributed by atoms with Gasteiger partial charge in [-0.05, 0) is 54.3 Å². The molecule has 118 valence electrons. The lowest BCUT2D eigenvalue weighted by atomic mass is 9.98. The van der Waals surface area contributed by atoms with Crippen LogP contribution in [0.15, 0.2) is 42.5 Å². The lowest BCUT2D eigenvalue weighted by Crippen LogP contribution is -2.25. The average molecular weight is 309 g/mol. The Kier molecular flexibility index (Phi) is 3.90. The van der Waals surface area contributed by atoms with Gasteiger partial charge in [-0.1, -0.05) is 25.1 Å². The fourth-order valence-corrected chi connectivity index (χ4v) is 3.02. The lowest BCUT2D eigenvalue weighted by Gasteiger charge is -2.17. The standard InChI is InChI=1S/C19H19NO3/c1-12-9-10-20(18(12)21)16-6-3-14(4-7-16)17-8-5-15(19(22)23)11-13(17)2/h3-8,11-12H,9-10H2,1-2H3,(H,22,23). The van der Waals surface area contributed by atoms with Crippen molar-refractivity contribution in [3.05, 3.63) is 53.6 Å². The Bertz CT molecular complexity index is 765. The number of nitrogens with zero attached hydrogens (tertiary/aromatic N) is 1. The van der Waals surface area contributed by atoms with E-state index >= 15 is 0 Å². The smallest absolute Gasteiger partial charge is 0.335 e. The van der Waals surface area contributed by atoms with E-state index in [1.54, 1.807) is 12.1 Å². The molecule has 1 N–H and O–H groups in total. The summed E-state index contributed by atoms with van der Waals surface area (Å²) in [7, 11) is 0. The van der Waals surface area contributed by atoms with Crippen LogP contribution >= 0.6 is 0 Å². The van der Waals surface area contributed by atoms with E-state index in [4.69, 9.17) is 5.11 Å². The van der Waals surface area contributed by atoms with Crippen LogP contribution in [0, 0.1) is 12.8 Å². The van der Waals surface area contributed by atoms with Crippen molar-refractivity contribution in [1.29, 1.82) is 0 Å². The lowest BCUT2D eigenvalue weighted by molar-refractivity contribution is -0.119. The quantitative estimate of drug-likeness (QED) is 0.939. The molecule has 4 nitrogen and oxygen atoms in total. The molecule has 0 saturated carbocycles. The van der Waals surface area contributed by atoms with E-state index in [1.165, 1.54) is 0 Å². The van der Waals surface area contributed by atoms with Crippen molar-refractivity contribution >= 4 is 17.6 Å². The van der Waals surface area contributed by atoms with Crippen molar-refractivity contribution in [1.82, 2.24) is 0 Å². The first-order chi connectivity index (χ1) is 11.0. The van der Waals surface area contributed by atoms with Gasteiger partial charge in [-0.2, -0.15) is 0 Å². The number of anilines is 1. The molecule has 0 bridgehead atoms. The third-order valence-corrected chi connectivity index (χ3v) is 4.44. The van der Waals surface area contributed by atoms with Crippen LogP contribution in [0.25, 0.3) is 11.1 Å². The van der Waals surface area contributed by atoms with Gasteiger partial charge in [-0.25, -0.2) is 4.79 Å². The second-order valence-corrected chi connectivity index (χ2v) is 6.06. The van der Waals surface area contributed by atoms with Crippen LogP contribution in [0.4, 0.5) is 5.69 Å². The molecule has 0 radical (unpaired) electrons. The molecule has 1 aliphatic heterocycles. The molecule has 0 aromatic heterocycles. The van der Waals surface area contributed by atoms with Crippen LogP contribution < -0.4 is 4.90 Å². The predicted octanol–water partition coefficient (Wildman–Crippen LogP) is 3.73. The van der Waals surface area contributed by atoms with Crippen molar-refractivity contribution in [2.24, 2.45) is 5.92 Å². The third kappa shape index (κ3) is 2.84. The number of rotatable bonds is 3. The summed E-state index contributed by atoms with van der Waals surface area (Å²) in [5.41, 5.74) is 4.15. The van der Waals surface area contributed by atoms with Gasteiger partial charge in [-0.3, -0.25) is 4.79 Å². The number of benzene rings is 2. The van der Waals surface area contributed by atoms with Crippen molar-refractivity contribution in [2.75, 3.05) is 11.4 Å². The Hall–Kier alpha value is -2.62. The first kappa shape index (κ1) is 15.3. The van der Waals surface area contributed by atoms with Crippen LogP contribution in [-0.4, -0.2) is 23.5 Å². The summed E-state index contributed by atoms with van der Waals surface area (Å²) >= 11 is 0. The number of carboxylic acid groups (broad SMARTS) is 1. The third-order valence-electron chi connectivity index (χ3n) is 4.44. The Balaban J connectivity index is 1.88. The predicted molar refractivity (Wildman–Crippen MR) is 89.7 cm³/mol. The molecule has 23 heavy (non-hydrogen) atoms. The molecule has 1 heterocycles. The molecule has 2 aromatic rings. The maximum Gasteiger partial charge on any atom is 0.335 e. The van der Waals surface area contributed by atoms with Crippen LogP contribution in [0.3, 0.4) is 0 Å². The highest BCUT2D eigenvalue weighted by atomic mass is 16.4. The summed E-state index contributed by atoms with van der Waals surface area (Å²) < 4.78 is 0. The molecule has 4 heteroatoms. The molecule has 2 aromatic carbocycles. The normalized spacial score (nSPS) is 17.6. The van der Waals surface area contributed by atoms with E-state index in [-0.39, 0.29) is 11.8 Å². The fraction of sp³-hybridized carbons (Fsp3) is 0.263. The van der Waals surface area contributed by atoms with Crippen LogP contribution in [0.5, 0.6) is 0 Å². The van der Waals surface area contributed by atoms with Gasteiger partial charge in [0, 0.05) is 18.2 Å². The van der Waals surface area contributed by atoms with Crippen LogP contribution in [0.2, 0.25) is 0 Å². The molecule has 1 unspecified atom stereocenters. The number of hydrogen-bond donors (Lipinski definition) is 1. The molecule has 1 fully saturated rings. The highest BCUT2D eigenvalue weighted by Crippen LogP contribution is 2.29. The molecule has 0 spiro atoms. The van der Waals surface area contributed by atoms with Crippen molar-refractivity contribution < 1.29 is 14.7 Å². The van der Waals surface area contributed by atoms with E-state index < -0.39 is 5.97 Å². The van der Waals surface area contributed by atoms with Crippen molar-refractivity contribution in [3.8, 4) is 11.1 Å². The number of amides is 1. The van der Waals surface area contributed by atoms with Gasteiger partial charge in [0.05, 0.1) is 5.56 Å². The minimum atomic E-state index is -0.920. The van der Waals surface area contributed by atoms with Gasteiger partial charge >= 0.3 is 5.97 Å². The maximum absolute atomic E-state index is 12.1. The molecule has 1 amide bonds. The van der Waals surface area contributed by atoms with Gasteiger partial charge < -0.3 is 10.0 Å². The SMILES string of the molecule is Cc1cc(C(=O)O)ccc1-c1ccc(N2CCC(C)C2=O)cc1. The van der Waals surface area contributed by atoms with Gasteiger partial charge in [0.25, 0.3) is 0 Å². The van der Waals surface area contributed by atoms with Gasteiger partial charge in [0.2, 0.25) is 5.91 Å². The summed E-state index contributed by atoms with van der Waals surface area (Å²) in [5, 5.41) is 9.04. The second-order valence-electron chi connectivity index (χ2n) is 6.06. The van der Waals surface area contributed by atoms with Gasteiger partial charge in [0.15, 0.2) is 0 Å². The van der Waals surface area contributed by atoms with E-state index in [2.05, 4.69) is 0 Å². The number of hydrogen-bond acceptors (Lipinski definition) is 2. The number of carbonyl (C=O) groups is 2. The topological polar surface area (TPSA) is 57.6 Å². The Labute approximate surface area is 135 Å². The molecule has 1 atom stereocenters. The Morgan fingerprint density at radius 2 is 1.87 bits per heavy atom. The molecular weight excluding hydrogens is 290 g/mol. The van der Waals surface area contributed by atoms with E-state index in [9.17, 15) is 9.59 Å². The second kappa shape index (κ2) is 5.88. The number of aryl methyl sites for hydroxylation is 1. The monoisotopic (exact) mass is 309 g/mol. The van der Waals surface area contributed by atoms with E-state index in [0.717, 1.165) is 35.3 Å². The zero-order chi connectivity index (χ0) is 16.6. The number of aromatic carboxylic acids is 1. The maximum atomic E-state index is 12.1. The minimum Gasteiger partial charge on any atom is -0.478 e. The first-order valence-corrected chi connectivity index (χ1v) is 7.73. The molecular formula is C19H19NO3. The highest BCUT2D eigenvalue weighted by molar-refractivity contribution is 5.97. The van der Waals surface area contributed by atoms with Gasteiger partial charge in [-0.15, -0.1) is 0 Å². The Morgan fingerprint density at radius 1 is 1.17 bits per heavy atom. The van der Waals surface area contributed by atoms with Crippen LogP contribution in [-0.2, 0) is 4.79 Å². The molecule has 1 saturated heterocycles. The first-order valence-electron chi connectivity index (χ1n) is 7.73. The molecule has 3 rings (SSSR count). The van der Waals surface area contributed by atoms with Crippen molar-refractivity contribution in [2.45, 2.75) is 20.3 Å². The summed E-state index contributed by atoms with van der Waals surface area (Å²) in [6, 6.07) is 13.0. The number of carboxylic acids is 1. The van der Waals surface area contributed by atoms with E-state index in [1.807, 2.05) is 49.1 Å². The molecule has 0 aliphatic carbocycles. The summed E-state index contributed by atoms with van der Waals surface area (Å²) in [6.07, 6.45) is 0.899. The summed E-state index contributed by atoms with van der Waals surface area (Å²) in [5.74, 6) is -0.642. The largest absolute Gasteiger partial charge is 0.478 e. The minimum absolute atomic E-state index is 0.0977. The van der Waals surface area contributed by atoms with Gasteiger partial charge in [0.1, 0.15) is 0 Å². The van der Waals surface area contributed by atoms with Crippen molar-refractivity contribution in [3.63, 3.8) is 0 Å². The van der Waals surface area contributed by atoms with Crippen LogP contribution in [0.1, 0.15) is 29.3 Å². The fourth-order valence-electron chi connectivity index (χ4n) is 3.02. The highest BCUT2D eigenvalue weighted by Gasteiger charge is 2.28. The zero-order valence-corrected chi connectivity index (χ0v) is 13.2. The van der Waals surface area contributed by atoms with E-state index in [0.29, 0.717) is 5.56 Å². The summed E-state index contributed by atoms with van der Waals surface area (Å²) in [6.45, 7) is 4.64. The average Bonchev–Trinajstić information content (AvgIpc) is 2.87. The summed E-state index contributed by atoms with van der Waals surface area (Å²) in [4.78, 5) is 24.9. The number of carbonyl (C=O) groups excluding carboxylic acids is 1.